The Morgan fingerprint density at radius 3 is 2.59 bits per heavy atom. The average molecular weight is 223 g/mol. The van der Waals surface area contributed by atoms with Crippen LogP contribution in [0, 0.1) is 0 Å². The number of para-hydroxylation sites is 1. The zero-order chi connectivity index (χ0) is 11.7. The quantitative estimate of drug-likeness (QED) is 0.816. The van der Waals surface area contributed by atoms with Crippen molar-refractivity contribution in [2.24, 2.45) is 0 Å². The zero-order valence-corrected chi connectivity index (χ0v) is 10.1. The molecule has 0 aliphatic carbocycles. The summed E-state index contributed by atoms with van der Waals surface area (Å²) in [7, 11) is 0. The van der Waals surface area contributed by atoms with Crippen LogP contribution in [0.2, 0.25) is 0 Å². The lowest BCUT2D eigenvalue weighted by atomic mass is 9.92. The third-order valence-electron chi connectivity index (χ3n) is 3.62. The second kappa shape index (κ2) is 4.25. The fraction of sp³-hybridized carbons (Fsp3) is 0.250. The second-order valence-electron chi connectivity index (χ2n) is 4.62. The summed E-state index contributed by atoms with van der Waals surface area (Å²) >= 11 is 0. The van der Waals surface area contributed by atoms with E-state index in [4.69, 9.17) is 0 Å². The lowest BCUT2D eigenvalue weighted by Gasteiger charge is -2.11. The van der Waals surface area contributed by atoms with Crippen LogP contribution in [0.4, 0.5) is 5.69 Å². The van der Waals surface area contributed by atoms with Gasteiger partial charge in [0.15, 0.2) is 0 Å². The summed E-state index contributed by atoms with van der Waals surface area (Å²) in [6.07, 6.45) is 1.11. The Balaban J connectivity index is 1.95. The van der Waals surface area contributed by atoms with Gasteiger partial charge >= 0.3 is 0 Å². The Hall–Kier alpha value is -1.76. The van der Waals surface area contributed by atoms with Crippen molar-refractivity contribution in [3.63, 3.8) is 0 Å². The molecule has 1 heterocycles. The first kappa shape index (κ1) is 10.4. The van der Waals surface area contributed by atoms with E-state index >= 15 is 0 Å². The summed E-state index contributed by atoms with van der Waals surface area (Å²) in [5, 5.41) is 3.48. The molecule has 1 aliphatic heterocycles. The van der Waals surface area contributed by atoms with Gasteiger partial charge in [0, 0.05) is 18.2 Å². The maximum absolute atomic E-state index is 3.48. The Labute approximate surface area is 102 Å². The third kappa shape index (κ3) is 1.82. The summed E-state index contributed by atoms with van der Waals surface area (Å²) in [4.78, 5) is 0. The van der Waals surface area contributed by atoms with E-state index in [1.165, 1.54) is 22.4 Å². The van der Waals surface area contributed by atoms with Crippen molar-refractivity contribution in [2.75, 3.05) is 11.9 Å². The van der Waals surface area contributed by atoms with Crippen LogP contribution in [0.1, 0.15) is 29.5 Å². The largest absolute Gasteiger partial charge is 0.384 e. The molecule has 3 rings (SSSR count). The van der Waals surface area contributed by atoms with Crippen molar-refractivity contribution in [1.29, 1.82) is 0 Å². The number of hydrogen-bond acceptors (Lipinski definition) is 1. The molecule has 1 atom stereocenters. The van der Waals surface area contributed by atoms with Crippen LogP contribution in [0.25, 0.3) is 0 Å². The van der Waals surface area contributed by atoms with Gasteiger partial charge in [-0.15, -0.1) is 0 Å². The molecule has 0 saturated heterocycles. The summed E-state index contributed by atoms with van der Waals surface area (Å²) in [6.45, 7) is 3.21. The van der Waals surface area contributed by atoms with Crippen molar-refractivity contribution in [3.8, 4) is 0 Å². The first-order chi connectivity index (χ1) is 8.38. The molecule has 1 unspecified atom stereocenters. The number of benzene rings is 2. The van der Waals surface area contributed by atoms with Crippen LogP contribution < -0.4 is 5.32 Å². The molecular formula is C16H17N. The van der Waals surface area contributed by atoms with Crippen molar-refractivity contribution in [3.05, 3.63) is 65.2 Å². The minimum atomic E-state index is 0.511. The molecule has 0 aromatic heterocycles. The predicted octanol–water partition coefficient (Wildman–Crippen LogP) is 3.81. The standard InChI is InChI=1S/C16H17N/c1-2-12-7-9-13(10-8-12)15-11-17-16-6-4-3-5-14(15)16/h3-10,15,17H,2,11H2,1H3. The van der Waals surface area contributed by atoms with E-state index in [-0.39, 0.29) is 0 Å². The number of rotatable bonds is 2. The van der Waals surface area contributed by atoms with E-state index in [1.54, 1.807) is 0 Å². The molecule has 0 saturated carbocycles. The number of hydrogen-bond donors (Lipinski definition) is 1. The molecule has 17 heavy (non-hydrogen) atoms. The van der Waals surface area contributed by atoms with E-state index in [9.17, 15) is 0 Å². The number of nitrogens with one attached hydrogen (secondary N) is 1. The van der Waals surface area contributed by atoms with Crippen LogP contribution in [0.5, 0.6) is 0 Å². The Morgan fingerprint density at radius 1 is 1.06 bits per heavy atom. The van der Waals surface area contributed by atoms with Gasteiger partial charge in [-0.05, 0) is 29.2 Å². The van der Waals surface area contributed by atoms with E-state index in [0.717, 1.165) is 13.0 Å². The molecule has 1 N–H and O–H groups in total. The van der Waals surface area contributed by atoms with Crippen molar-refractivity contribution in [1.82, 2.24) is 0 Å². The molecule has 0 amide bonds. The van der Waals surface area contributed by atoms with Gasteiger partial charge in [-0.3, -0.25) is 0 Å². The fourth-order valence-corrected chi connectivity index (χ4v) is 2.57. The minimum Gasteiger partial charge on any atom is -0.384 e. The van der Waals surface area contributed by atoms with Gasteiger partial charge in [0.05, 0.1) is 0 Å². The second-order valence-corrected chi connectivity index (χ2v) is 4.62. The summed E-state index contributed by atoms with van der Waals surface area (Å²) in [5.74, 6) is 0.511. The Bertz CT molecular complexity index is 513. The van der Waals surface area contributed by atoms with Crippen LogP contribution in [-0.4, -0.2) is 6.54 Å². The molecule has 2 aromatic rings. The van der Waals surface area contributed by atoms with E-state index in [1.807, 2.05) is 0 Å². The van der Waals surface area contributed by atoms with Gasteiger partial charge in [0.2, 0.25) is 0 Å². The molecule has 0 spiro atoms. The molecule has 2 aromatic carbocycles. The minimum absolute atomic E-state index is 0.511. The van der Waals surface area contributed by atoms with E-state index in [2.05, 4.69) is 60.8 Å². The molecule has 1 aliphatic rings. The smallest absolute Gasteiger partial charge is 0.0379 e. The van der Waals surface area contributed by atoms with Crippen LogP contribution in [0.3, 0.4) is 0 Å². The van der Waals surface area contributed by atoms with Crippen molar-refractivity contribution in [2.45, 2.75) is 19.3 Å². The number of aryl methyl sites for hydroxylation is 1. The highest BCUT2D eigenvalue weighted by Crippen LogP contribution is 2.35. The number of anilines is 1. The van der Waals surface area contributed by atoms with E-state index in [0.29, 0.717) is 5.92 Å². The highest BCUT2D eigenvalue weighted by molar-refractivity contribution is 5.60. The maximum Gasteiger partial charge on any atom is 0.0379 e. The number of fused-ring (bicyclic) bond motifs is 1. The Kier molecular flexibility index (Phi) is 2.60. The van der Waals surface area contributed by atoms with Gasteiger partial charge < -0.3 is 5.32 Å². The molecule has 1 heteroatoms. The monoisotopic (exact) mass is 223 g/mol. The highest BCUT2D eigenvalue weighted by Gasteiger charge is 2.22. The van der Waals surface area contributed by atoms with E-state index < -0.39 is 0 Å². The summed E-state index contributed by atoms with van der Waals surface area (Å²) in [5.41, 5.74) is 5.54. The van der Waals surface area contributed by atoms with Gasteiger partial charge in [0.25, 0.3) is 0 Å². The van der Waals surface area contributed by atoms with Crippen LogP contribution >= 0.6 is 0 Å². The van der Waals surface area contributed by atoms with Crippen LogP contribution in [-0.2, 0) is 6.42 Å². The predicted molar refractivity (Wildman–Crippen MR) is 72.6 cm³/mol. The topological polar surface area (TPSA) is 12.0 Å². The maximum atomic E-state index is 3.48. The molecule has 0 fully saturated rings. The first-order valence-electron chi connectivity index (χ1n) is 6.30. The average Bonchev–Trinajstić information content (AvgIpc) is 2.83. The first-order valence-corrected chi connectivity index (χ1v) is 6.30. The zero-order valence-electron chi connectivity index (χ0n) is 10.1. The van der Waals surface area contributed by atoms with Gasteiger partial charge in [-0.25, -0.2) is 0 Å². The molecule has 0 bridgehead atoms. The molecular weight excluding hydrogens is 206 g/mol. The van der Waals surface area contributed by atoms with Crippen LogP contribution in [0.15, 0.2) is 48.5 Å². The van der Waals surface area contributed by atoms with Gasteiger partial charge in [0.1, 0.15) is 0 Å². The molecule has 0 radical (unpaired) electrons. The lowest BCUT2D eigenvalue weighted by Crippen LogP contribution is -2.03. The molecule has 1 nitrogen and oxygen atoms in total. The highest BCUT2D eigenvalue weighted by atomic mass is 14.9. The van der Waals surface area contributed by atoms with Gasteiger partial charge in [-0.1, -0.05) is 49.4 Å². The summed E-state index contributed by atoms with van der Waals surface area (Å²) < 4.78 is 0. The van der Waals surface area contributed by atoms with Gasteiger partial charge in [-0.2, -0.15) is 0 Å². The lowest BCUT2D eigenvalue weighted by molar-refractivity contribution is 0.905. The molecule has 86 valence electrons. The SMILES string of the molecule is CCc1ccc(C2CNc3ccccc32)cc1. The summed E-state index contributed by atoms with van der Waals surface area (Å²) in [6, 6.07) is 17.6. The Morgan fingerprint density at radius 2 is 1.82 bits per heavy atom. The normalized spacial score (nSPS) is 17.6. The van der Waals surface area contributed by atoms with Crippen molar-refractivity contribution >= 4 is 5.69 Å². The van der Waals surface area contributed by atoms with Crippen molar-refractivity contribution < 1.29 is 0 Å². The fourth-order valence-electron chi connectivity index (χ4n) is 2.57. The third-order valence-corrected chi connectivity index (χ3v) is 3.62.